The highest BCUT2D eigenvalue weighted by molar-refractivity contribution is 7.92. The van der Waals surface area contributed by atoms with Crippen LogP contribution in [0.15, 0.2) is 71.6 Å². The second kappa shape index (κ2) is 9.15. The van der Waals surface area contributed by atoms with E-state index < -0.39 is 26.6 Å². The average Bonchev–Trinajstić information content (AvgIpc) is 2.69. The molecule has 0 atom stereocenters. The van der Waals surface area contributed by atoms with Crippen LogP contribution in [0.3, 0.4) is 0 Å². The Morgan fingerprint density at radius 2 is 1.70 bits per heavy atom. The highest BCUT2D eigenvalue weighted by atomic mass is 35.5. The number of carbonyl (C=O) groups is 1. The fraction of sp³-hybridized carbons (Fsp3) is 0.0952. The van der Waals surface area contributed by atoms with Gasteiger partial charge in [0, 0.05) is 11.4 Å². The molecule has 0 aliphatic rings. The predicted molar refractivity (Wildman–Crippen MR) is 114 cm³/mol. The van der Waals surface area contributed by atoms with E-state index in [0.29, 0.717) is 5.56 Å². The summed E-state index contributed by atoms with van der Waals surface area (Å²) < 4.78 is 41.3. The van der Waals surface area contributed by atoms with Gasteiger partial charge in [0.2, 0.25) is 5.91 Å². The van der Waals surface area contributed by atoms with Crippen molar-refractivity contribution in [3.8, 4) is 5.75 Å². The Balaban J connectivity index is 1.78. The molecule has 156 valence electrons. The minimum absolute atomic E-state index is 0.0403. The molecule has 0 heterocycles. The molecule has 0 unspecified atom stereocenters. The summed E-state index contributed by atoms with van der Waals surface area (Å²) in [6.07, 6.45) is 0.332. The van der Waals surface area contributed by atoms with Crippen molar-refractivity contribution < 1.29 is 22.7 Å². The van der Waals surface area contributed by atoms with E-state index in [4.69, 9.17) is 11.6 Å². The minimum atomic E-state index is -4.23. The Labute approximate surface area is 178 Å². The summed E-state index contributed by atoms with van der Waals surface area (Å²) >= 11 is 5.99. The molecule has 0 saturated carbocycles. The van der Waals surface area contributed by atoms with Crippen molar-refractivity contribution in [2.75, 3.05) is 10.0 Å². The molecular weight excluding hydrogens is 431 g/mol. The number of rotatable bonds is 7. The van der Waals surface area contributed by atoms with Gasteiger partial charge in [-0.25, -0.2) is 12.8 Å². The van der Waals surface area contributed by atoms with Crippen LogP contribution in [0.4, 0.5) is 15.8 Å². The lowest BCUT2D eigenvalue weighted by atomic mass is 10.1. The molecule has 0 aliphatic carbocycles. The summed E-state index contributed by atoms with van der Waals surface area (Å²) in [5, 5.41) is 12.7. The highest BCUT2D eigenvalue weighted by Gasteiger charge is 2.20. The van der Waals surface area contributed by atoms with Crippen LogP contribution in [0, 0.1) is 5.82 Å². The number of nitrogens with one attached hydrogen (secondary N) is 2. The van der Waals surface area contributed by atoms with Crippen LogP contribution in [0.5, 0.6) is 5.75 Å². The predicted octanol–water partition coefficient (Wildman–Crippen LogP) is 4.56. The van der Waals surface area contributed by atoms with Crippen molar-refractivity contribution in [3.05, 3.63) is 83.1 Å². The normalized spacial score (nSPS) is 11.1. The number of aromatic hydroxyl groups is 1. The number of amides is 1. The fourth-order valence-electron chi connectivity index (χ4n) is 2.75. The molecule has 0 fully saturated rings. The van der Waals surface area contributed by atoms with Gasteiger partial charge in [0.05, 0.1) is 11.4 Å². The molecular formula is C21H18ClFN2O4S. The van der Waals surface area contributed by atoms with Gasteiger partial charge in [-0.05, 0) is 48.4 Å². The molecule has 3 aromatic carbocycles. The van der Waals surface area contributed by atoms with Gasteiger partial charge in [-0.2, -0.15) is 0 Å². The average molecular weight is 449 g/mol. The van der Waals surface area contributed by atoms with Crippen molar-refractivity contribution in [2.45, 2.75) is 17.7 Å². The molecule has 6 nitrogen and oxygen atoms in total. The third kappa shape index (κ3) is 5.28. The van der Waals surface area contributed by atoms with Gasteiger partial charge in [0.15, 0.2) is 0 Å². The summed E-state index contributed by atoms with van der Waals surface area (Å²) in [7, 11) is -4.23. The van der Waals surface area contributed by atoms with Gasteiger partial charge in [-0.3, -0.25) is 9.52 Å². The summed E-state index contributed by atoms with van der Waals surface area (Å²) in [6, 6.07) is 15.8. The van der Waals surface area contributed by atoms with Crippen molar-refractivity contribution in [1.82, 2.24) is 0 Å². The van der Waals surface area contributed by atoms with E-state index in [1.54, 1.807) is 18.2 Å². The van der Waals surface area contributed by atoms with Crippen LogP contribution in [-0.2, 0) is 21.2 Å². The number of phenolic OH excluding ortho intramolecular Hbond substituents is 1. The number of para-hydroxylation sites is 1. The maximum Gasteiger partial charge on any atom is 0.264 e. The zero-order valence-corrected chi connectivity index (χ0v) is 17.2. The molecule has 9 heteroatoms. The smallest absolute Gasteiger partial charge is 0.264 e. The van der Waals surface area contributed by atoms with Gasteiger partial charge in [0.25, 0.3) is 10.0 Å². The zero-order valence-electron chi connectivity index (χ0n) is 15.6. The lowest BCUT2D eigenvalue weighted by molar-refractivity contribution is -0.116. The fourth-order valence-corrected chi connectivity index (χ4v) is 4.09. The number of anilines is 2. The maximum absolute atomic E-state index is 13.9. The van der Waals surface area contributed by atoms with Crippen molar-refractivity contribution >= 4 is 38.9 Å². The van der Waals surface area contributed by atoms with Crippen LogP contribution < -0.4 is 10.0 Å². The SMILES string of the molecule is O=C(CCc1ccccc1O)Nc1cc(Cl)ccc1NS(=O)(=O)c1ccccc1F. The van der Waals surface area contributed by atoms with E-state index in [-0.39, 0.29) is 35.0 Å². The van der Waals surface area contributed by atoms with Crippen LogP contribution in [0.1, 0.15) is 12.0 Å². The van der Waals surface area contributed by atoms with Gasteiger partial charge >= 0.3 is 0 Å². The Morgan fingerprint density at radius 1 is 1.00 bits per heavy atom. The third-order valence-corrected chi connectivity index (χ3v) is 5.87. The van der Waals surface area contributed by atoms with Crippen LogP contribution in [0.2, 0.25) is 5.02 Å². The molecule has 30 heavy (non-hydrogen) atoms. The first kappa shape index (κ1) is 21.6. The van der Waals surface area contributed by atoms with Gasteiger partial charge in [0.1, 0.15) is 16.5 Å². The monoisotopic (exact) mass is 448 g/mol. The minimum Gasteiger partial charge on any atom is -0.508 e. The molecule has 0 saturated heterocycles. The number of aryl methyl sites for hydroxylation is 1. The molecule has 0 spiro atoms. The zero-order chi connectivity index (χ0) is 21.7. The number of hydrogen-bond acceptors (Lipinski definition) is 4. The van der Waals surface area contributed by atoms with E-state index >= 15 is 0 Å². The van der Waals surface area contributed by atoms with Crippen molar-refractivity contribution in [2.24, 2.45) is 0 Å². The molecule has 0 radical (unpaired) electrons. The van der Waals surface area contributed by atoms with Crippen LogP contribution in [-0.4, -0.2) is 19.4 Å². The Kier molecular flexibility index (Phi) is 6.59. The van der Waals surface area contributed by atoms with Gasteiger partial charge < -0.3 is 10.4 Å². The molecule has 3 aromatic rings. The second-order valence-electron chi connectivity index (χ2n) is 6.40. The first-order valence-electron chi connectivity index (χ1n) is 8.90. The van der Waals surface area contributed by atoms with E-state index in [0.717, 1.165) is 12.1 Å². The van der Waals surface area contributed by atoms with Gasteiger partial charge in [-0.15, -0.1) is 0 Å². The van der Waals surface area contributed by atoms with Crippen LogP contribution in [0.25, 0.3) is 0 Å². The second-order valence-corrected chi connectivity index (χ2v) is 8.49. The standard InChI is InChI=1S/C21H18ClFN2O4S/c22-15-10-11-17(25-30(28,29)20-8-4-2-6-16(20)23)18(13-15)24-21(27)12-9-14-5-1-3-7-19(14)26/h1-8,10-11,13,25-26H,9,12H2,(H,24,27). The van der Waals surface area contributed by atoms with E-state index in [1.807, 2.05) is 0 Å². The Morgan fingerprint density at radius 3 is 2.43 bits per heavy atom. The summed E-state index contributed by atoms with van der Waals surface area (Å²) in [5.74, 6) is -1.22. The summed E-state index contributed by atoms with van der Waals surface area (Å²) in [6.45, 7) is 0. The lowest BCUT2D eigenvalue weighted by Crippen LogP contribution is -2.18. The quantitative estimate of drug-likeness (QED) is 0.494. The molecule has 1 amide bonds. The number of sulfonamides is 1. The highest BCUT2D eigenvalue weighted by Crippen LogP contribution is 2.29. The number of halogens is 2. The Bertz CT molecular complexity index is 1190. The molecule has 3 rings (SSSR count). The number of benzene rings is 3. The van der Waals surface area contributed by atoms with E-state index in [1.165, 1.54) is 36.4 Å². The number of phenols is 1. The van der Waals surface area contributed by atoms with Crippen molar-refractivity contribution in [1.29, 1.82) is 0 Å². The van der Waals surface area contributed by atoms with Crippen molar-refractivity contribution in [3.63, 3.8) is 0 Å². The number of carbonyl (C=O) groups excluding carboxylic acids is 1. The molecule has 0 aliphatic heterocycles. The summed E-state index contributed by atoms with van der Waals surface area (Å²) in [5.41, 5.74) is 0.780. The van der Waals surface area contributed by atoms with Crippen LogP contribution >= 0.6 is 11.6 Å². The first-order valence-corrected chi connectivity index (χ1v) is 10.8. The molecule has 0 aromatic heterocycles. The third-order valence-electron chi connectivity index (χ3n) is 4.24. The van der Waals surface area contributed by atoms with Gasteiger partial charge in [-0.1, -0.05) is 41.9 Å². The molecule has 0 bridgehead atoms. The first-order chi connectivity index (χ1) is 14.3. The molecule has 3 N–H and O–H groups in total. The van der Waals surface area contributed by atoms with E-state index in [2.05, 4.69) is 10.0 Å². The summed E-state index contributed by atoms with van der Waals surface area (Å²) in [4.78, 5) is 11.9. The maximum atomic E-state index is 13.9. The van der Waals surface area contributed by atoms with E-state index in [9.17, 15) is 22.7 Å². The Hall–Kier alpha value is -3.10. The topological polar surface area (TPSA) is 95.5 Å². The number of hydrogen-bond donors (Lipinski definition) is 3. The largest absolute Gasteiger partial charge is 0.508 e. The lowest BCUT2D eigenvalue weighted by Gasteiger charge is -2.14.